The van der Waals surface area contributed by atoms with Gasteiger partial charge in [0.1, 0.15) is 11.6 Å². The quantitative estimate of drug-likeness (QED) is 0.603. The van der Waals surface area contributed by atoms with E-state index in [1.807, 2.05) is 0 Å². The minimum Gasteiger partial charge on any atom is -0.504 e. The molecule has 0 aliphatic carbocycles. The Kier molecular flexibility index (Phi) is 6.13. The van der Waals surface area contributed by atoms with Crippen molar-refractivity contribution >= 4 is 12.1 Å². The van der Waals surface area contributed by atoms with Gasteiger partial charge in [0, 0.05) is 11.6 Å². The second kappa shape index (κ2) is 8.52. The summed E-state index contributed by atoms with van der Waals surface area (Å²) < 4.78 is 23.4. The largest absolute Gasteiger partial charge is 0.504 e. The van der Waals surface area contributed by atoms with Gasteiger partial charge >= 0.3 is 0 Å². The van der Waals surface area contributed by atoms with Gasteiger partial charge in [0.05, 0.1) is 12.8 Å². The van der Waals surface area contributed by atoms with Gasteiger partial charge < -0.3 is 14.6 Å². The van der Waals surface area contributed by atoms with Gasteiger partial charge in [0.2, 0.25) is 0 Å². The predicted octanol–water partition coefficient (Wildman–Crippen LogP) is 2.46. The van der Waals surface area contributed by atoms with Gasteiger partial charge in [0.25, 0.3) is 5.91 Å². The minimum absolute atomic E-state index is 0.0617. The fraction of sp³-hybridized carbons (Fsp3) is 0.176. The number of nitrogens with zero attached hydrogens (tertiary/aromatic N) is 1. The number of carbonyl (C=O) groups is 1. The third kappa shape index (κ3) is 4.98. The van der Waals surface area contributed by atoms with Crippen LogP contribution in [0.25, 0.3) is 0 Å². The molecule has 2 aromatic rings. The lowest BCUT2D eigenvalue weighted by Gasteiger charge is -2.07. The molecular weight excluding hydrogens is 315 g/mol. The van der Waals surface area contributed by atoms with Crippen molar-refractivity contribution in [3.8, 4) is 17.2 Å². The summed E-state index contributed by atoms with van der Waals surface area (Å²) in [6.07, 6.45) is 1.29. The zero-order valence-corrected chi connectivity index (χ0v) is 13.0. The molecule has 2 aromatic carbocycles. The van der Waals surface area contributed by atoms with E-state index in [0.717, 1.165) is 0 Å². The van der Waals surface area contributed by atoms with Gasteiger partial charge in [-0.3, -0.25) is 4.79 Å². The lowest BCUT2D eigenvalue weighted by Crippen LogP contribution is -2.24. The van der Waals surface area contributed by atoms with E-state index >= 15 is 0 Å². The van der Waals surface area contributed by atoms with E-state index in [1.54, 1.807) is 25.1 Å². The Morgan fingerprint density at radius 2 is 2.08 bits per heavy atom. The number of rotatable bonds is 7. The minimum atomic E-state index is -0.518. The molecule has 126 valence electrons. The highest BCUT2D eigenvalue weighted by Crippen LogP contribution is 2.28. The standard InChI is InChI=1S/C17H17FN2O4/c1-2-23-15-8-3-5-12(17(15)22)10-19-20-16(21)11-24-14-7-4-6-13(18)9-14/h3-10,22H,2,11H2,1H3,(H,20,21)/b19-10+. The van der Waals surface area contributed by atoms with E-state index in [-0.39, 0.29) is 18.1 Å². The number of nitrogens with one attached hydrogen (secondary N) is 1. The Morgan fingerprint density at radius 1 is 1.29 bits per heavy atom. The fourth-order valence-electron chi connectivity index (χ4n) is 1.83. The molecule has 0 spiro atoms. The molecule has 0 fully saturated rings. The van der Waals surface area contributed by atoms with E-state index in [4.69, 9.17) is 9.47 Å². The summed E-state index contributed by atoms with van der Waals surface area (Å²) >= 11 is 0. The van der Waals surface area contributed by atoms with Crippen LogP contribution in [0.5, 0.6) is 17.2 Å². The second-order valence-corrected chi connectivity index (χ2v) is 4.67. The number of para-hydroxylation sites is 1. The number of amides is 1. The highest BCUT2D eigenvalue weighted by molar-refractivity contribution is 5.86. The first-order chi connectivity index (χ1) is 11.6. The Balaban J connectivity index is 1.87. The molecule has 0 saturated carbocycles. The molecule has 2 N–H and O–H groups in total. The smallest absolute Gasteiger partial charge is 0.277 e. The van der Waals surface area contributed by atoms with E-state index in [1.165, 1.54) is 30.5 Å². The lowest BCUT2D eigenvalue weighted by molar-refractivity contribution is -0.123. The summed E-state index contributed by atoms with van der Waals surface area (Å²) in [5, 5.41) is 13.7. The molecule has 0 aliphatic heterocycles. The van der Waals surface area contributed by atoms with Crippen LogP contribution in [0.4, 0.5) is 4.39 Å². The first-order valence-electron chi connectivity index (χ1n) is 7.25. The van der Waals surface area contributed by atoms with Crippen molar-refractivity contribution in [2.45, 2.75) is 6.92 Å². The first kappa shape index (κ1) is 17.3. The first-order valence-corrected chi connectivity index (χ1v) is 7.25. The van der Waals surface area contributed by atoms with Crippen LogP contribution in [0, 0.1) is 5.82 Å². The summed E-state index contributed by atoms with van der Waals surface area (Å²) in [4.78, 5) is 11.6. The Morgan fingerprint density at radius 3 is 2.83 bits per heavy atom. The van der Waals surface area contributed by atoms with Gasteiger partial charge in [-0.2, -0.15) is 5.10 Å². The molecule has 0 unspecified atom stereocenters. The van der Waals surface area contributed by atoms with Crippen LogP contribution < -0.4 is 14.9 Å². The van der Waals surface area contributed by atoms with E-state index in [0.29, 0.717) is 17.9 Å². The van der Waals surface area contributed by atoms with E-state index < -0.39 is 11.7 Å². The van der Waals surface area contributed by atoms with Gasteiger partial charge in [-0.05, 0) is 31.2 Å². The highest BCUT2D eigenvalue weighted by Gasteiger charge is 2.06. The zero-order valence-electron chi connectivity index (χ0n) is 13.0. The molecule has 0 bridgehead atoms. The molecule has 0 heterocycles. The number of benzene rings is 2. The predicted molar refractivity (Wildman–Crippen MR) is 86.9 cm³/mol. The van der Waals surface area contributed by atoms with Crippen molar-refractivity contribution in [3.05, 3.63) is 53.8 Å². The number of carbonyl (C=O) groups excluding carboxylic acids is 1. The summed E-state index contributed by atoms with van der Waals surface area (Å²) in [6, 6.07) is 10.4. The van der Waals surface area contributed by atoms with Crippen LogP contribution in [0.15, 0.2) is 47.6 Å². The number of hydrogen-bond acceptors (Lipinski definition) is 5. The van der Waals surface area contributed by atoms with Crippen molar-refractivity contribution in [2.24, 2.45) is 5.10 Å². The molecule has 0 aromatic heterocycles. The van der Waals surface area contributed by atoms with E-state index in [2.05, 4.69) is 10.5 Å². The highest BCUT2D eigenvalue weighted by atomic mass is 19.1. The molecule has 0 radical (unpaired) electrons. The second-order valence-electron chi connectivity index (χ2n) is 4.67. The van der Waals surface area contributed by atoms with E-state index in [9.17, 15) is 14.3 Å². The van der Waals surface area contributed by atoms with Gasteiger partial charge in [-0.25, -0.2) is 9.82 Å². The molecule has 0 aliphatic rings. The van der Waals surface area contributed by atoms with Crippen LogP contribution >= 0.6 is 0 Å². The summed E-state index contributed by atoms with van der Waals surface area (Å²) in [6.45, 7) is 1.91. The van der Waals surface area contributed by atoms with Crippen molar-refractivity contribution < 1.29 is 23.8 Å². The average molecular weight is 332 g/mol. The number of halogens is 1. The number of phenols is 1. The zero-order chi connectivity index (χ0) is 17.4. The molecule has 7 heteroatoms. The maximum atomic E-state index is 13.0. The SMILES string of the molecule is CCOc1cccc(/C=N/NC(=O)COc2cccc(F)c2)c1O. The number of phenolic OH excluding ortho intramolecular Hbond substituents is 1. The number of hydrogen-bond donors (Lipinski definition) is 2. The number of aromatic hydroxyl groups is 1. The third-order valence-electron chi connectivity index (χ3n) is 2.89. The van der Waals surface area contributed by atoms with Crippen LogP contribution in [-0.2, 0) is 4.79 Å². The fourth-order valence-corrected chi connectivity index (χ4v) is 1.83. The summed E-state index contributed by atoms with van der Waals surface area (Å²) in [5.41, 5.74) is 2.65. The van der Waals surface area contributed by atoms with Crippen molar-refractivity contribution in [1.82, 2.24) is 5.43 Å². The van der Waals surface area contributed by atoms with Gasteiger partial charge in [0.15, 0.2) is 18.1 Å². The molecule has 24 heavy (non-hydrogen) atoms. The maximum Gasteiger partial charge on any atom is 0.277 e. The maximum absolute atomic E-state index is 13.0. The summed E-state index contributed by atoms with van der Waals surface area (Å²) in [7, 11) is 0. The van der Waals surface area contributed by atoms with Crippen LogP contribution in [-0.4, -0.2) is 30.4 Å². The van der Waals surface area contributed by atoms with Crippen molar-refractivity contribution in [1.29, 1.82) is 0 Å². The van der Waals surface area contributed by atoms with Crippen LogP contribution in [0.2, 0.25) is 0 Å². The van der Waals surface area contributed by atoms with Crippen LogP contribution in [0.3, 0.4) is 0 Å². The Hall–Kier alpha value is -3.09. The molecule has 0 atom stereocenters. The molecule has 2 rings (SSSR count). The molecule has 6 nitrogen and oxygen atoms in total. The third-order valence-corrected chi connectivity index (χ3v) is 2.89. The topological polar surface area (TPSA) is 80.2 Å². The van der Waals surface area contributed by atoms with Crippen LogP contribution in [0.1, 0.15) is 12.5 Å². The van der Waals surface area contributed by atoms with Gasteiger partial charge in [-0.15, -0.1) is 0 Å². The molecule has 0 saturated heterocycles. The Labute approximate surface area is 138 Å². The molecule has 1 amide bonds. The van der Waals surface area contributed by atoms with Crippen molar-refractivity contribution in [2.75, 3.05) is 13.2 Å². The normalized spacial score (nSPS) is 10.6. The van der Waals surface area contributed by atoms with Gasteiger partial charge in [-0.1, -0.05) is 12.1 Å². The Bertz CT molecular complexity index is 734. The molecular formula is C17H17FN2O4. The monoisotopic (exact) mass is 332 g/mol. The average Bonchev–Trinajstić information content (AvgIpc) is 2.56. The lowest BCUT2D eigenvalue weighted by atomic mass is 10.2. The van der Waals surface area contributed by atoms with Crippen molar-refractivity contribution in [3.63, 3.8) is 0 Å². The number of hydrazone groups is 1. The summed E-state index contributed by atoms with van der Waals surface area (Å²) in [5.74, 6) is -0.446. The number of ether oxygens (including phenoxy) is 2.